The fraction of sp³-hybridized carbons (Fsp3) is 0.600. The molecule has 4 heteroatoms. The molecule has 0 saturated carbocycles. The van der Waals surface area contributed by atoms with Gasteiger partial charge < -0.3 is 10.5 Å². The molecule has 0 radical (unpaired) electrons. The molecule has 0 unspecified atom stereocenters. The first-order valence-corrected chi connectivity index (χ1v) is 4.67. The second kappa shape index (κ2) is 7.26. The number of carbonyl (C=O) groups is 2. The third-order valence-electron chi connectivity index (χ3n) is 1.74. The lowest BCUT2D eigenvalue weighted by Gasteiger charge is -2.02. The second-order valence-corrected chi connectivity index (χ2v) is 2.85. The summed E-state index contributed by atoms with van der Waals surface area (Å²) in [5.41, 5.74) is 5.25. The number of rotatable bonds is 7. The summed E-state index contributed by atoms with van der Waals surface area (Å²) < 4.78 is 4.81. The van der Waals surface area contributed by atoms with Gasteiger partial charge in [0.05, 0.1) is 7.11 Å². The second-order valence-electron chi connectivity index (χ2n) is 2.85. The molecule has 0 atom stereocenters. The highest BCUT2D eigenvalue weighted by Crippen LogP contribution is 2.03. The minimum atomic E-state index is -0.159. The minimum absolute atomic E-state index is 0.117. The largest absolute Gasteiger partial charge is 0.493 e. The maximum atomic E-state index is 11.2. The fourth-order valence-corrected chi connectivity index (χ4v) is 0.922. The van der Waals surface area contributed by atoms with Crippen LogP contribution in [0.5, 0.6) is 0 Å². The third kappa shape index (κ3) is 4.77. The number of nitrogens with two attached hydrogens (primary N) is 1. The van der Waals surface area contributed by atoms with Crippen molar-refractivity contribution in [1.29, 1.82) is 0 Å². The number of Topliss-reactive ketones (excluding diaryl/α,β-unsaturated/α-hetero) is 1. The summed E-state index contributed by atoms with van der Waals surface area (Å²) in [6.07, 6.45) is 2.58. The molecular formula is C10H17NO3. The first-order chi connectivity index (χ1) is 6.65. The Balaban J connectivity index is 4.28. The maximum Gasteiger partial charge on any atom is 0.197 e. The van der Waals surface area contributed by atoms with E-state index in [4.69, 9.17) is 10.5 Å². The molecule has 0 rings (SSSR count). The van der Waals surface area contributed by atoms with Crippen molar-refractivity contribution < 1.29 is 14.3 Å². The van der Waals surface area contributed by atoms with Crippen molar-refractivity contribution in [2.75, 3.05) is 13.7 Å². The summed E-state index contributed by atoms with van der Waals surface area (Å²) in [7, 11) is 1.38. The van der Waals surface area contributed by atoms with Gasteiger partial charge in [0.1, 0.15) is 0 Å². The number of allylic oxidation sites excluding steroid dienone is 2. The summed E-state index contributed by atoms with van der Waals surface area (Å²) in [5.74, 6) is -0.141. The van der Waals surface area contributed by atoms with Gasteiger partial charge >= 0.3 is 0 Å². The van der Waals surface area contributed by atoms with Crippen LogP contribution in [-0.4, -0.2) is 25.2 Å². The van der Waals surface area contributed by atoms with E-state index in [0.717, 1.165) is 0 Å². The molecule has 2 N–H and O–H groups in total. The standard InChI is InChI=1S/C10H17NO3/c1-3-9(13)10(14-2)7-8(12)5-4-6-11/h7H,3-6,11H2,1-2H3/b10-7+. The predicted molar refractivity (Wildman–Crippen MR) is 53.7 cm³/mol. The lowest BCUT2D eigenvalue weighted by atomic mass is 10.1. The van der Waals surface area contributed by atoms with Crippen molar-refractivity contribution >= 4 is 11.6 Å². The van der Waals surface area contributed by atoms with Gasteiger partial charge in [0.25, 0.3) is 0 Å². The van der Waals surface area contributed by atoms with E-state index in [2.05, 4.69) is 0 Å². The Morgan fingerprint density at radius 3 is 2.50 bits per heavy atom. The number of hydrogen-bond acceptors (Lipinski definition) is 4. The Morgan fingerprint density at radius 2 is 2.07 bits per heavy atom. The van der Waals surface area contributed by atoms with E-state index >= 15 is 0 Å². The van der Waals surface area contributed by atoms with Gasteiger partial charge in [-0.25, -0.2) is 0 Å². The molecule has 0 amide bonds. The van der Waals surface area contributed by atoms with Crippen LogP contribution < -0.4 is 5.73 Å². The summed E-state index contributed by atoms with van der Waals surface area (Å²) in [6.45, 7) is 2.20. The van der Waals surface area contributed by atoms with E-state index in [1.54, 1.807) is 6.92 Å². The summed E-state index contributed by atoms with van der Waals surface area (Å²) in [6, 6.07) is 0. The van der Waals surface area contributed by atoms with E-state index in [1.807, 2.05) is 0 Å². The Kier molecular flexibility index (Phi) is 6.66. The summed E-state index contributed by atoms with van der Waals surface area (Å²) >= 11 is 0. The smallest absolute Gasteiger partial charge is 0.197 e. The number of carbonyl (C=O) groups excluding carboxylic acids is 2. The molecule has 0 aliphatic carbocycles. The number of methoxy groups -OCH3 is 1. The third-order valence-corrected chi connectivity index (χ3v) is 1.74. The normalized spacial score (nSPS) is 11.2. The zero-order chi connectivity index (χ0) is 11.0. The Hall–Kier alpha value is -1.16. The lowest BCUT2D eigenvalue weighted by molar-refractivity contribution is -0.119. The van der Waals surface area contributed by atoms with Crippen LogP contribution in [-0.2, 0) is 14.3 Å². The van der Waals surface area contributed by atoms with Gasteiger partial charge in [0.2, 0.25) is 0 Å². The molecule has 0 saturated heterocycles. The average Bonchev–Trinajstić information content (AvgIpc) is 2.21. The van der Waals surface area contributed by atoms with Crippen molar-refractivity contribution in [3.05, 3.63) is 11.8 Å². The first kappa shape index (κ1) is 12.8. The monoisotopic (exact) mass is 199 g/mol. The topological polar surface area (TPSA) is 69.4 Å². The molecule has 0 heterocycles. The van der Waals surface area contributed by atoms with Gasteiger partial charge in [0, 0.05) is 18.9 Å². The molecule has 0 aliphatic heterocycles. The number of hydrogen-bond donors (Lipinski definition) is 1. The van der Waals surface area contributed by atoms with Crippen LogP contribution in [0, 0.1) is 0 Å². The lowest BCUT2D eigenvalue weighted by Crippen LogP contribution is -2.07. The van der Waals surface area contributed by atoms with Crippen molar-refractivity contribution in [3.63, 3.8) is 0 Å². The molecule has 0 aromatic carbocycles. The predicted octanol–water partition coefficient (Wildman–Crippen LogP) is 0.804. The quantitative estimate of drug-likeness (QED) is 0.486. The molecule has 80 valence electrons. The van der Waals surface area contributed by atoms with E-state index in [1.165, 1.54) is 13.2 Å². The molecule has 0 spiro atoms. The molecule has 14 heavy (non-hydrogen) atoms. The van der Waals surface area contributed by atoms with Crippen molar-refractivity contribution in [1.82, 2.24) is 0 Å². The van der Waals surface area contributed by atoms with Gasteiger partial charge in [-0.15, -0.1) is 0 Å². The maximum absolute atomic E-state index is 11.2. The van der Waals surface area contributed by atoms with Crippen LogP contribution in [0.15, 0.2) is 11.8 Å². The highest BCUT2D eigenvalue weighted by Gasteiger charge is 2.09. The Bertz CT molecular complexity index is 234. The fourth-order valence-electron chi connectivity index (χ4n) is 0.922. The summed E-state index contributed by atoms with van der Waals surface area (Å²) in [4.78, 5) is 22.4. The van der Waals surface area contributed by atoms with Crippen molar-refractivity contribution in [2.24, 2.45) is 5.73 Å². The SMILES string of the molecule is CCC(=O)/C(=C\C(=O)CCCN)OC. The van der Waals surface area contributed by atoms with E-state index in [-0.39, 0.29) is 17.3 Å². The Labute approximate surface area is 84.1 Å². The highest BCUT2D eigenvalue weighted by atomic mass is 16.5. The van der Waals surface area contributed by atoms with E-state index in [9.17, 15) is 9.59 Å². The number of ketones is 2. The van der Waals surface area contributed by atoms with Gasteiger partial charge in [0.15, 0.2) is 17.3 Å². The van der Waals surface area contributed by atoms with E-state index in [0.29, 0.717) is 25.8 Å². The zero-order valence-electron chi connectivity index (χ0n) is 8.71. The van der Waals surface area contributed by atoms with E-state index < -0.39 is 0 Å². The van der Waals surface area contributed by atoms with Crippen LogP contribution >= 0.6 is 0 Å². The van der Waals surface area contributed by atoms with Crippen molar-refractivity contribution in [2.45, 2.75) is 26.2 Å². The molecule has 4 nitrogen and oxygen atoms in total. The first-order valence-electron chi connectivity index (χ1n) is 4.67. The van der Waals surface area contributed by atoms with Gasteiger partial charge in [-0.1, -0.05) is 6.92 Å². The highest BCUT2D eigenvalue weighted by molar-refractivity contribution is 6.01. The number of ether oxygens (including phenoxy) is 1. The van der Waals surface area contributed by atoms with Crippen molar-refractivity contribution in [3.8, 4) is 0 Å². The Morgan fingerprint density at radius 1 is 1.43 bits per heavy atom. The zero-order valence-corrected chi connectivity index (χ0v) is 8.71. The molecule has 0 aliphatic rings. The summed E-state index contributed by atoms with van der Waals surface area (Å²) in [5, 5.41) is 0. The van der Waals surface area contributed by atoms with Crippen LogP contribution in [0.25, 0.3) is 0 Å². The molecular weight excluding hydrogens is 182 g/mol. The van der Waals surface area contributed by atoms with Gasteiger partial charge in [-0.05, 0) is 13.0 Å². The van der Waals surface area contributed by atoms with Crippen LogP contribution in [0.3, 0.4) is 0 Å². The molecule has 0 aromatic heterocycles. The van der Waals surface area contributed by atoms with Crippen LogP contribution in [0.4, 0.5) is 0 Å². The van der Waals surface area contributed by atoms with Gasteiger partial charge in [-0.3, -0.25) is 9.59 Å². The molecule has 0 bridgehead atoms. The van der Waals surface area contributed by atoms with Crippen LogP contribution in [0.1, 0.15) is 26.2 Å². The molecule has 0 fully saturated rings. The molecule has 0 aromatic rings. The average molecular weight is 199 g/mol. The van der Waals surface area contributed by atoms with Crippen LogP contribution in [0.2, 0.25) is 0 Å². The van der Waals surface area contributed by atoms with Gasteiger partial charge in [-0.2, -0.15) is 0 Å². The minimum Gasteiger partial charge on any atom is -0.493 e.